The van der Waals surface area contributed by atoms with Gasteiger partial charge in [-0.15, -0.1) is 0 Å². The smallest absolute Gasteiger partial charge is 0.226 e. The molecule has 1 aromatic rings. The lowest BCUT2D eigenvalue weighted by Gasteiger charge is -2.29. The van der Waals surface area contributed by atoms with Gasteiger partial charge in [-0.25, -0.2) is 0 Å². The summed E-state index contributed by atoms with van der Waals surface area (Å²) in [6, 6.07) is 8.27. The van der Waals surface area contributed by atoms with E-state index in [0.717, 1.165) is 31.7 Å². The van der Waals surface area contributed by atoms with Gasteiger partial charge in [-0.3, -0.25) is 4.79 Å². The van der Waals surface area contributed by atoms with E-state index in [1.54, 1.807) is 0 Å². The molecule has 1 amide bonds. The minimum absolute atomic E-state index is 0.259. The van der Waals surface area contributed by atoms with E-state index in [-0.39, 0.29) is 5.91 Å². The SMILES string of the molecule is CCN(CC1CCNCC1)C(=O)Cc1ccc(C)cc1. The van der Waals surface area contributed by atoms with Gasteiger partial charge in [0.25, 0.3) is 0 Å². The first kappa shape index (κ1) is 15.0. The lowest BCUT2D eigenvalue weighted by molar-refractivity contribution is -0.131. The lowest BCUT2D eigenvalue weighted by atomic mass is 9.97. The van der Waals surface area contributed by atoms with Gasteiger partial charge in [0.2, 0.25) is 5.91 Å². The van der Waals surface area contributed by atoms with Crippen molar-refractivity contribution in [3.63, 3.8) is 0 Å². The van der Waals surface area contributed by atoms with Crippen molar-refractivity contribution in [1.82, 2.24) is 10.2 Å². The number of aryl methyl sites for hydroxylation is 1. The number of likely N-dealkylation sites (N-methyl/N-ethyl adjacent to an activating group) is 1. The topological polar surface area (TPSA) is 32.3 Å². The maximum Gasteiger partial charge on any atom is 0.226 e. The van der Waals surface area contributed by atoms with Crippen LogP contribution in [0.4, 0.5) is 0 Å². The van der Waals surface area contributed by atoms with Crippen LogP contribution in [0.5, 0.6) is 0 Å². The van der Waals surface area contributed by atoms with E-state index < -0.39 is 0 Å². The summed E-state index contributed by atoms with van der Waals surface area (Å²) < 4.78 is 0. The fourth-order valence-corrected chi connectivity index (χ4v) is 2.78. The number of piperidine rings is 1. The fourth-order valence-electron chi connectivity index (χ4n) is 2.78. The van der Waals surface area contributed by atoms with Crippen LogP contribution >= 0.6 is 0 Å². The van der Waals surface area contributed by atoms with Crippen LogP contribution in [0.25, 0.3) is 0 Å². The second-order valence-electron chi connectivity index (χ2n) is 5.79. The molecular weight excluding hydrogens is 248 g/mol. The van der Waals surface area contributed by atoms with Crippen molar-refractivity contribution in [2.75, 3.05) is 26.2 Å². The molecule has 0 aliphatic carbocycles. The van der Waals surface area contributed by atoms with E-state index in [4.69, 9.17) is 0 Å². The van der Waals surface area contributed by atoms with E-state index in [1.165, 1.54) is 18.4 Å². The number of carbonyl (C=O) groups excluding carboxylic acids is 1. The molecule has 110 valence electrons. The van der Waals surface area contributed by atoms with Gasteiger partial charge in [-0.2, -0.15) is 0 Å². The quantitative estimate of drug-likeness (QED) is 0.894. The van der Waals surface area contributed by atoms with Gasteiger partial charge in [-0.05, 0) is 51.3 Å². The Kier molecular flexibility index (Phi) is 5.60. The van der Waals surface area contributed by atoms with Crippen molar-refractivity contribution >= 4 is 5.91 Å². The first-order valence-corrected chi connectivity index (χ1v) is 7.73. The molecule has 1 aliphatic rings. The predicted octanol–water partition coefficient (Wildman–Crippen LogP) is 2.39. The molecule has 1 N–H and O–H groups in total. The number of rotatable bonds is 5. The van der Waals surface area contributed by atoms with Crippen LogP contribution in [-0.4, -0.2) is 37.0 Å². The van der Waals surface area contributed by atoms with Crippen LogP contribution < -0.4 is 5.32 Å². The summed E-state index contributed by atoms with van der Waals surface area (Å²) in [5.41, 5.74) is 2.35. The zero-order valence-electron chi connectivity index (χ0n) is 12.7. The highest BCUT2D eigenvalue weighted by molar-refractivity contribution is 5.78. The molecule has 0 radical (unpaired) electrons. The Hall–Kier alpha value is -1.35. The van der Waals surface area contributed by atoms with Crippen molar-refractivity contribution in [1.29, 1.82) is 0 Å². The molecule has 20 heavy (non-hydrogen) atoms. The van der Waals surface area contributed by atoms with Gasteiger partial charge in [0.05, 0.1) is 6.42 Å². The van der Waals surface area contributed by atoms with E-state index in [0.29, 0.717) is 12.3 Å². The average Bonchev–Trinajstić information content (AvgIpc) is 2.48. The molecule has 1 aliphatic heterocycles. The number of nitrogens with zero attached hydrogens (tertiary/aromatic N) is 1. The Bertz CT molecular complexity index is 421. The monoisotopic (exact) mass is 274 g/mol. The molecule has 0 bridgehead atoms. The summed E-state index contributed by atoms with van der Waals surface area (Å²) in [7, 11) is 0. The summed E-state index contributed by atoms with van der Waals surface area (Å²) in [6.07, 6.45) is 2.90. The minimum atomic E-state index is 0.259. The zero-order valence-corrected chi connectivity index (χ0v) is 12.7. The number of hydrogen-bond acceptors (Lipinski definition) is 2. The summed E-state index contributed by atoms with van der Waals surface area (Å²) in [5, 5.41) is 3.38. The van der Waals surface area contributed by atoms with Crippen LogP contribution in [0, 0.1) is 12.8 Å². The summed E-state index contributed by atoms with van der Waals surface area (Å²) in [5.74, 6) is 0.924. The van der Waals surface area contributed by atoms with Gasteiger partial charge in [-0.1, -0.05) is 29.8 Å². The average molecular weight is 274 g/mol. The first-order chi connectivity index (χ1) is 9.69. The summed E-state index contributed by atoms with van der Waals surface area (Å²) in [6.45, 7) is 8.06. The third-order valence-electron chi connectivity index (χ3n) is 4.15. The third-order valence-corrected chi connectivity index (χ3v) is 4.15. The van der Waals surface area contributed by atoms with Gasteiger partial charge < -0.3 is 10.2 Å². The fraction of sp³-hybridized carbons (Fsp3) is 0.588. The Morgan fingerprint density at radius 3 is 2.50 bits per heavy atom. The molecule has 0 unspecified atom stereocenters. The molecule has 1 saturated heterocycles. The van der Waals surface area contributed by atoms with Gasteiger partial charge in [0, 0.05) is 13.1 Å². The number of amides is 1. The molecule has 2 rings (SSSR count). The van der Waals surface area contributed by atoms with Gasteiger partial charge in [0.1, 0.15) is 0 Å². The molecule has 0 spiro atoms. The van der Waals surface area contributed by atoms with E-state index >= 15 is 0 Å². The highest BCUT2D eigenvalue weighted by atomic mass is 16.2. The Morgan fingerprint density at radius 1 is 1.25 bits per heavy atom. The number of nitrogens with one attached hydrogen (secondary N) is 1. The molecule has 1 aromatic carbocycles. The van der Waals surface area contributed by atoms with E-state index in [1.807, 2.05) is 4.90 Å². The van der Waals surface area contributed by atoms with Crippen LogP contribution in [0.1, 0.15) is 30.9 Å². The summed E-state index contributed by atoms with van der Waals surface area (Å²) >= 11 is 0. The molecule has 0 saturated carbocycles. The Labute approximate surface area is 122 Å². The molecule has 3 heteroatoms. The zero-order chi connectivity index (χ0) is 14.4. The minimum Gasteiger partial charge on any atom is -0.342 e. The number of benzene rings is 1. The number of carbonyl (C=O) groups is 1. The highest BCUT2D eigenvalue weighted by Crippen LogP contribution is 2.14. The van der Waals surface area contributed by atoms with Gasteiger partial charge >= 0.3 is 0 Å². The standard InChI is InChI=1S/C17H26N2O/c1-3-19(13-16-8-10-18-11-9-16)17(20)12-15-6-4-14(2)5-7-15/h4-7,16,18H,3,8-13H2,1-2H3. The first-order valence-electron chi connectivity index (χ1n) is 7.73. The molecular formula is C17H26N2O. The van der Waals surface area contributed by atoms with E-state index in [2.05, 4.69) is 43.4 Å². The van der Waals surface area contributed by atoms with E-state index in [9.17, 15) is 4.79 Å². The molecule has 0 atom stereocenters. The van der Waals surface area contributed by atoms with Gasteiger partial charge in [0.15, 0.2) is 0 Å². The largest absolute Gasteiger partial charge is 0.342 e. The maximum atomic E-state index is 12.4. The van der Waals surface area contributed by atoms with Crippen molar-refractivity contribution in [3.8, 4) is 0 Å². The maximum absolute atomic E-state index is 12.4. The molecule has 0 aromatic heterocycles. The molecule has 1 heterocycles. The lowest BCUT2D eigenvalue weighted by Crippen LogP contribution is -2.39. The Morgan fingerprint density at radius 2 is 1.90 bits per heavy atom. The van der Waals surface area contributed by atoms with Crippen LogP contribution in [0.15, 0.2) is 24.3 Å². The van der Waals surface area contributed by atoms with Crippen LogP contribution in [0.2, 0.25) is 0 Å². The van der Waals surface area contributed by atoms with Crippen molar-refractivity contribution < 1.29 is 4.79 Å². The third kappa shape index (κ3) is 4.34. The predicted molar refractivity (Wildman–Crippen MR) is 82.7 cm³/mol. The van der Waals surface area contributed by atoms with Crippen molar-refractivity contribution in [2.45, 2.75) is 33.1 Å². The molecule has 3 nitrogen and oxygen atoms in total. The van der Waals surface area contributed by atoms with Crippen molar-refractivity contribution in [2.24, 2.45) is 5.92 Å². The van der Waals surface area contributed by atoms with Crippen LogP contribution in [0.3, 0.4) is 0 Å². The normalized spacial score (nSPS) is 16.1. The van der Waals surface area contributed by atoms with Crippen molar-refractivity contribution in [3.05, 3.63) is 35.4 Å². The van der Waals surface area contributed by atoms with Crippen LogP contribution in [-0.2, 0) is 11.2 Å². The summed E-state index contributed by atoms with van der Waals surface area (Å²) in [4.78, 5) is 14.4. The highest BCUT2D eigenvalue weighted by Gasteiger charge is 2.19. The second kappa shape index (κ2) is 7.44. The Balaban J connectivity index is 1.89. The molecule has 1 fully saturated rings. The second-order valence-corrected chi connectivity index (χ2v) is 5.79. The number of hydrogen-bond donors (Lipinski definition) is 1.